The van der Waals surface area contributed by atoms with Gasteiger partial charge < -0.3 is 4.90 Å². The van der Waals surface area contributed by atoms with Crippen LogP contribution in [0.4, 0.5) is 18.9 Å². The average Bonchev–Trinajstić information content (AvgIpc) is 3.60. The molecule has 0 bridgehead atoms. The summed E-state index contributed by atoms with van der Waals surface area (Å²) in [5.74, 6) is -2.98. The van der Waals surface area contributed by atoms with Crippen LogP contribution >= 0.6 is 0 Å². The first-order valence-corrected chi connectivity index (χ1v) is 11.3. The second kappa shape index (κ2) is 8.66. The molecule has 32 heavy (non-hydrogen) atoms. The molecule has 5 nitrogen and oxygen atoms in total. The number of rotatable bonds is 7. The molecule has 4 rings (SSSR count). The topological polar surface area (TPSA) is 66.5 Å². The standard InChI is InChI=1S/C23H19F3N2O3S/c24-17-5-1-15(2-6-17)14-28(19-9-10-19)23(29)16-3-7-18(8-4-16)27-32(30,31)20-11-12-21(25)22(26)13-20/h1-8,11-13,19,27H,9-10,14H2. The molecule has 0 aromatic heterocycles. The van der Waals surface area contributed by atoms with Gasteiger partial charge in [-0.2, -0.15) is 0 Å². The molecule has 0 radical (unpaired) electrons. The van der Waals surface area contributed by atoms with Crippen LogP contribution in [0, 0.1) is 17.5 Å². The average molecular weight is 460 g/mol. The molecule has 1 saturated carbocycles. The fourth-order valence-corrected chi connectivity index (χ4v) is 4.31. The van der Waals surface area contributed by atoms with E-state index in [9.17, 15) is 26.4 Å². The van der Waals surface area contributed by atoms with Crippen molar-refractivity contribution in [3.8, 4) is 0 Å². The van der Waals surface area contributed by atoms with Crippen molar-refractivity contribution in [3.63, 3.8) is 0 Å². The second-order valence-corrected chi connectivity index (χ2v) is 9.23. The van der Waals surface area contributed by atoms with Crippen LogP contribution in [0.15, 0.2) is 71.6 Å². The Hall–Kier alpha value is -3.33. The molecule has 1 aliphatic carbocycles. The van der Waals surface area contributed by atoms with Crippen molar-refractivity contribution in [1.29, 1.82) is 0 Å². The Balaban J connectivity index is 1.48. The Labute approximate surface area is 183 Å². The fraction of sp³-hybridized carbons (Fsp3) is 0.174. The van der Waals surface area contributed by atoms with Crippen LogP contribution < -0.4 is 4.72 Å². The summed E-state index contributed by atoms with van der Waals surface area (Å²) in [5.41, 5.74) is 1.35. The first-order valence-electron chi connectivity index (χ1n) is 9.86. The molecule has 0 heterocycles. The molecule has 1 aliphatic rings. The molecule has 0 aliphatic heterocycles. The minimum atomic E-state index is -4.13. The van der Waals surface area contributed by atoms with E-state index in [0.29, 0.717) is 18.2 Å². The van der Waals surface area contributed by atoms with Gasteiger partial charge in [0.15, 0.2) is 11.6 Å². The molecule has 0 unspecified atom stereocenters. The maximum atomic E-state index is 13.4. The summed E-state index contributed by atoms with van der Waals surface area (Å²) in [6, 6.07) is 14.2. The highest BCUT2D eigenvalue weighted by Gasteiger charge is 2.33. The molecule has 3 aromatic carbocycles. The minimum Gasteiger partial charge on any atom is -0.331 e. The number of hydrogen-bond donors (Lipinski definition) is 1. The van der Waals surface area contributed by atoms with Crippen molar-refractivity contribution in [2.75, 3.05) is 4.72 Å². The van der Waals surface area contributed by atoms with E-state index in [1.54, 1.807) is 17.0 Å². The Morgan fingerprint density at radius 3 is 2.16 bits per heavy atom. The highest BCUT2D eigenvalue weighted by molar-refractivity contribution is 7.92. The van der Waals surface area contributed by atoms with Gasteiger partial charge in [0.1, 0.15) is 5.82 Å². The zero-order valence-electron chi connectivity index (χ0n) is 16.8. The summed E-state index contributed by atoms with van der Waals surface area (Å²) in [5, 5.41) is 0. The van der Waals surface area contributed by atoms with Crippen LogP contribution in [0.25, 0.3) is 0 Å². The zero-order valence-corrected chi connectivity index (χ0v) is 17.6. The third-order valence-corrected chi connectivity index (χ3v) is 6.48. The first-order chi connectivity index (χ1) is 15.2. The lowest BCUT2D eigenvalue weighted by molar-refractivity contribution is 0.0730. The van der Waals surface area contributed by atoms with E-state index in [4.69, 9.17) is 0 Å². The highest BCUT2D eigenvalue weighted by atomic mass is 32.2. The lowest BCUT2D eigenvalue weighted by atomic mass is 10.1. The predicted octanol–water partition coefficient (Wildman–Crippen LogP) is 4.71. The third-order valence-electron chi connectivity index (χ3n) is 5.10. The van der Waals surface area contributed by atoms with Crippen LogP contribution in [0.1, 0.15) is 28.8 Å². The number of sulfonamides is 1. The van der Waals surface area contributed by atoms with Gasteiger partial charge in [0.2, 0.25) is 0 Å². The molecule has 3 aromatic rings. The van der Waals surface area contributed by atoms with Gasteiger partial charge in [-0.05, 0) is 73.0 Å². The number of carbonyl (C=O) groups excluding carboxylic acids is 1. The number of amides is 1. The van der Waals surface area contributed by atoms with Gasteiger partial charge in [-0.1, -0.05) is 12.1 Å². The third kappa shape index (κ3) is 4.94. The molecule has 1 amide bonds. The molecular formula is C23H19F3N2O3S. The summed E-state index contributed by atoms with van der Waals surface area (Å²) in [7, 11) is -4.13. The van der Waals surface area contributed by atoms with E-state index in [2.05, 4.69) is 4.72 Å². The number of benzene rings is 3. The molecule has 1 N–H and O–H groups in total. The van der Waals surface area contributed by atoms with E-state index in [0.717, 1.165) is 30.5 Å². The van der Waals surface area contributed by atoms with Crippen molar-refractivity contribution in [2.45, 2.75) is 30.3 Å². The number of halogens is 3. The predicted molar refractivity (Wildman–Crippen MR) is 113 cm³/mol. The molecule has 0 atom stereocenters. The summed E-state index contributed by atoms with van der Waals surface area (Å²) < 4.78 is 66.7. The quantitative estimate of drug-likeness (QED) is 0.555. The van der Waals surface area contributed by atoms with E-state index >= 15 is 0 Å². The Kier molecular flexibility index (Phi) is 5.92. The number of hydrogen-bond acceptors (Lipinski definition) is 3. The zero-order chi connectivity index (χ0) is 22.9. The van der Waals surface area contributed by atoms with Crippen LogP contribution in [-0.2, 0) is 16.6 Å². The Morgan fingerprint density at radius 2 is 1.56 bits per heavy atom. The van der Waals surface area contributed by atoms with Crippen LogP contribution in [0.2, 0.25) is 0 Å². The molecule has 166 valence electrons. The normalized spacial score (nSPS) is 13.6. The molecule has 0 saturated heterocycles. The van der Waals surface area contributed by atoms with Gasteiger partial charge in [0, 0.05) is 23.8 Å². The number of nitrogens with one attached hydrogen (secondary N) is 1. The summed E-state index contributed by atoms with van der Waals surface area (Å²) in [4.78, 5) is 14.3. The Morgan fingerprint density at radius 1 is 0.906 bits per heavy atom. The number of carbonyl (C=O) groups is 1. The first kappa shape index (κ1) is 21.9. The van der Waals surface area contributed by atoms with Crippen LogP contribution in [-0.4, -0.2) is 25.3 Å². The molecule has 1 fully saturated rings. The maximum Gasteiger partial charge on any atom is 0.261 e. The van der Waals surface area contributed by atoms with Gasteiger partial charge >= 0.3 is 0 Å². The van der Waals surface area contributed by atoms with Crippen LogP contribution in [0.3, 0.4) is 0 Å². The van der Waals surface area contributed by atoms with E-state index in [-0.39, 0.29) is 23.5 Å². The van der Waals surface area contributed by atoms with Crippen molar-refractivity contribution >= 4 is 21.6 Å². The van der Waals surface area contributed by atoms with Crippen LogP contribution in [0.5, 0.6) is 0 Å². The van der Waals surface area contributed by atoms with Gasteiger partial charge in [-0.15, -0.1) is 0 Å². The molecular weight excluding hydrogens is 441 g/mol. The van der Waals surface area contributed by atoms with Gasteiger partial charge in [-0.25, -0.2) is 21.6 Å². The van der Waals surface area contributed by atoms with Crippen molar-refractivity contribution < 1.29 is 26.4 Å². The number of anilines is 1. The smallest absolute Gasteiger partial charge is 0.261 e. The van der Waals surface area contributed by atoms with Crippen molar-refractivity contribution in [3.05, 3.63) is 95.3 Å². The summed E-state index contributed by atoms with van der Waals surface area (Å²) >= 11 is 0. The van der Waals surface area contributed by atoms with Crippen molar-refractivity contribution in [1.82, 2.24) is 4.90 Å². The number of nitrogens with zero attached hydrogens (tertiary/aromatic N) is 1. The van der Waals surface area contributed by atoms with E-state index < -0.39 is 26.6 Å². The molecule has 0 spiro atoms. The summed E-state index contributed by atoms with van der Waals surface area (Å²) in [6.07, 6.45) is 1.78. The largest absolute Gasteiger partial charge is 0.331 e. The van der Waals surface area contributed by atoms with E-state index in [1.807, 2.05) is 0 Å². The SMILES string of the molecule is O=C(c1ccc(NS(=O)(=O)c2ccc(F)c(F)c2)cc1)N(Cc1ccc(F)cc1)C1CC1. The second-order valence-electron chi connectivity index (χ2n) is 7.55. The molecule has 9 heteroatoms. The van der Waals surface area contributed by atoms with E-state index in [1.165, 1.54) is 36.4 Å². The Bertz CT molecular complexity index is 1240. The van der Waals surface area contributed by atoms with Crippen molar-refractivity contribution in [2.24, 2.45) is 0 Å². The fourth-order valence-electron chi connectivity index (χ4n) is 3.24. The highest BCUT2D eigenvalue weighted by Crippen LogP contribution is 2.30. The minimum absolute atomic E-state index is 0.110. The lowest BCUT2D eigenvalue weighted by Gasteiger charge is -2.23. The van der Waals surface area contributed by atoms with Gasteiger partial charge in [0.05, 0.1) is 4.90 Å². The maximum absolute atomic E-state index is 13.4. The van der Waals surface area contributed by atoms with Gasteiger partial charge in [0.25, 0.3) is 15.9 Å². The lowest BCUT2D eigenvalue weighted by Crippen LogP contribution is -2.32. The summed E-state index contributed by atoms with van der Waals surface area (Å²) in [6.45, 7) is 0.342. The monoisotopic (exact) mass is 460 g/mol. The van der Waals surface area contributed by atoms with Gasteiger partial charge in [-0.3, -0.25) is 9.52 Å².